The van der Waals surface area contributed by atoms with Crippen molar-refractivity contribution >= 4 is 46.2 Å². The topological polar surface area (TPSA) is 58.9 Å². The predicted molar refractivity (Wildman–Crippen MR) is 153 cm³/mol. The van der Waals surface area contributed by atoms with Crippen LogP contribution in [0.1, 0.15) is 77.3 Å². The van der Waals surface area contributed by atoms with E-state index < -0.39 is 0 Å². The van der Waals surface area contributed by atoms with E-state index in [0.29, 0.717) is 21.5 Å². The van der Waals surface area contributed by atoms with E-state index in [2.05, 4.69) is 24.1 Å². The summed E-state index contributed by atoms with van der Waals surface area (Å²) in [7, 11) is 0. The van der Waals surface area contributed by atoms with Gasteiger partial charge in [-0.3, -0.25) is 9.59 Å². The fourth-order valence-corrected chi connectivity index (χ4v) is 4.59. The Kier molecular flexibility index (Phi) is 13.1. The second kappa shape index (κ2) is 15.7. The maximum Gasteiger partial charge on any atom is 0.181 e. The van der Waals surface area contributed by atoms with Crippen molar-refractivity contribution in [3.8, 4) is 0 Å². The standard InChI is InChI=1S/C30H38Cl2N2O2/c1-5-7-25(15-9-23-11-17-27(31)18-12-23)29(35)21(3)33-34-22(4)30(36)26(8-6-2)16-10-24-13-19-28(32)20-14-24/h11-14,17-20,25-26H,5-10,15-16H2,1-4H3/b33-21+,34-22+. The van der Waals surface area contributed by atoms with Gasteiger partial charge in [0.2, 0.25) is 0 Å². The molecule has 0 fully saturated rings. The van der Waals surface area contributed by atoms with E-state index >= 15 is 0 Å². The molecular weight excluding hydrogens is 491 g/mol. The molecule has 2 aromatic rings. The lowest BCUT2D eigenvalue weighted by Gasteiger charge is -2.15. The van der Waals surface area contributed by atoms with Crippen LogP contribution in [0.2, 0.25) is 10.0 Å². The van der Waals surface area contributed by atoms with Crippen molar-refractivity contribution in [1.29, 1.82) is 0 Å². The smallest absolute Gasteiger partial charge is 0.181 e. The van der Waals surface area contributed by atoms with Crippen molar-refractivity contribution in [3.05, 3.63) is 69.7 Å². The number of hydrogen-bond donors (Lipinski definition) is 0. The van der Waals surface area contributed by atoms with Crippen molar-refractivity contribution in [2.24, 2.45) is 22.0 Å². The van der Waals surface area contributed by atoms with Crippen LogP contribution in [0.3, 0.4) is 0 Å². The molecule has 0 saturated carbocycles. The molecule has 0 aliphatic heterocycles. The van der Waals surface area contributed by atoms with E-state index in [1.807, 2.05) is 48.5 Å². The Balaban J connectivity index is 2.02. The lowest BCUT2D eigenvalue weighted by molar-refractivity contribution is -0.117. The third-order valence-electron chi connectivity index (χ3n) is 6.47. The summed E-state index contributed by atoms with van der Waals surface area (Å²) in [5.41, 5.74) is 3.01. The number of carbonyl (C=O) groups is 2. The normalized spacial score (nSPS) is 13.9. The summed E-state index contributed by atoms with van der Waals surface area (Å²) in [6, 6.07) is 15.5. The highest BCUT2D eigenvalue weighted by Gasteiger charge is 2.22. The third kappa shape index (κ3) is 9.99. The van der Waals surface area contributed by atoms with Crippen LogP contribution in [0.25, 0.3) is 0 Å². The molecule has 0 heterocycles. The van der Waals surface area contributed by atoms with Crippen molar-refractivity contribution in [2.75, 3.05) is 0 Å². The SMILES string of the molecule is CCCC(CCc1ccc(Cl)cc1)C(=O)/C(C)=N/N=C(\C)C(=O)C(CCC)CCc1ccc(Cl)cc1. The number of benzene rings is 2. The molecule has 0 aliphatic carbocycles. The minimum Gasteiger partial charge on any atom is -0.292 e. The molecule has 194 valence electrons. The number of nitrogens with zero attached hydrogens (tertiary/aromatic N) is 2. The van der Waals surface area contributed by atoms with Crippen LogP contribution in [0, 0.1) is 11.8 Å². The minimum absolute atomic E-state index is 0.00246. The van der Waals surface area contributed by atoms with Gasteiger partial charge in [-0.1, -0.05) is 74.2 Å². The zero-order valence-electron chi connectivity index (χ0n) is 21.9. The first-order chi connectivity index (χ1) is 17.2. The van der Waals surface area contributed by atoms with Crippen molar-refractivity contribution in [3.63, 3.8) is 0 Å². The number of halogens is 2. The highest BCUT2D eigenvalue weighted by atomic mass is 35.5. The molecule has 0 bridgehead atoms. The third-order valence-corrected chi connectivity index (χ3v) is 6.97. The summed E-state index contributed by atoms with van der Waals surface area (Å²) in [6.07, 6.45) is 6.50. The Labute approximate surface area is 226 Å². The average Bonchev–Trinajstić information content (AvgIpc) is 2.88. The van der Waals surface area contributed by atoms with Gasteiger partial charge in [0, 0.05) is 21.9 Å². The maximum absolute atomic E-state index is 13.1. The molecule has 0 radical (unpaired) electrons. The fraction of sp³-hybridized carbons (Fsp3) is 0.467. The summed E-state index contributed by atoms with van der Waals surface area (Å²) < 4.78 is 0. The zero-order chi connectivity index (χ0) is 26.5. The van der Waals surface area contributed by atoms with Crippen molar-refractivity contribution in [2.45, 2.75) is 79.1 Å². The molecular formula is C30H38Cl2N2O2. The minimum atomic E-state index is -0.118. The first-order valence-corrected chi connectivity index (χ1v) is 13.7. The summed E-state index contributed by atoms with van der Waals surface area (Å²) in [5.74, 6) is -0.231. The molecule has 0 amide bonds. The molecule has 2 aromatic carbocycles. The van der Waals surface area contributed by atoms with E-state index in [0.717, 1.165) is 62.5 Å². The predicted octanol–water partition coefficient (Wildman–Crippen LogP) is 8.37. The fourth-order valence-electron chi connectivity index (χ4n) is 4.33. The van der Waals surface area contributed by atoms with Gasteiger partial charge in [-0.2, -0.15) is 10.2 Å². The number of ketones is 2. The van der Waals surface area contributed by atoms with Crippen LogP contribution >= 0.6 is 23.2 Å². The van der Waals surface area contributed by atoms with E-state index in [4.69, 9.17) is 23.2 Å². The molecule has 2 unspecified atom stereocenters. The van der Waals surface area contributed by atoms with Crippen LogP contribution < -0.4 is 0 Å². The average molecular weight is 530 g/mol. The molecule has 4 nitrogen and oxygen atoms in total. The summed E-state index contributed by atoms with van der Waals surface area (Å²) in [4.78, 5) is 26.2. The number of Topliss-reactive ketones (excluding diaryl/α,β-unsaturated/α-hetero) is 2. The van der Waals surface area contributed by atoms with E-state index in [-0.39, 0.29) is 23.4 Å². The van der Waals surface area contributed by atoms with E-state index in [1.165, 1.54) is 0 Å². The molecule has 0 saturated heterocycles. The molecule has 2 atom stereocenters. The van der Waals surface area contributed by atoms with Crippen molar-refractivity contribution in [1.82, 2.24) is 0 Å². The van der Waals surface area contributed by atoms with Gasteiger partial charge in [0.15, 0.2) is 11.6 Å². The van der Waals surface area contributed by atoms with Crippen LogP contribution in [0.5, 0.6) is 0 Å². The molecule has 0 aliphatic rings. The second-order valence-electron chi connectivity index (χ2n) is 9.40. The lowest BCUT2D eigenvalue weighted by atomic mass is 9.89. The van der Waals surface area contributed by atoms with Gasteiger partial charge < -0.3 is 0 Å². The molecule has 36 heavy (non-hydrogen) atoms. The monoisotopic (exact) mass is 528 g/mol. The van der Waals surface area contributed by atoms with Gasteiger partial charge in [-0.15, -0.1) is 0 Å². The van der Waals surface area contributed by atoms with Gasteiger partial charge in [0.25, 0.3) is 0 Å². The highest BCUT2D eigenvalue weighted by Crippen LogP contribution is 2.20. The van der Waals surface area contributed by atoms with E-state index in [9.17, 15) is 9.59 Å². The first-order valence-electron chi connectivity index (χ1n) is 12.9. The Morgan fingerprint density at radius 2 is 0.972 bits per heavy atom. The van der Waals surface area contributed by atoms with E-state index in [1.54, 1.807) is 13.8 Å². The number of hydrogen-bond acceptors (Lipinski definition) is 4. The van der Waals surface area contributed by atoms with Gasteiger partial charge in [-0.25, -0.2) is 0 Å². The molecule has 0 spiro atoms. The second-order valence-corrected chi connectivity index (χ2v) is 10.3. The summed E-state index contributed by atoms with van der Waals surface area (Å²) in [5, 5.41) is 9.79. The van der Waals surface area contributed by atoms with Gasteiger partial charge in [0.05, 0.1) is 0 Å². The largest absolute Gasteiger partial charge is 0.292 e. The molecule has 2 rings (SSSR count). The molecule has 6 heteroatoms. The van der Waals surface area contributed by atoms with Gasteiger partial charge in [-0.05, 0) is 87.8 Å². The zero-order valence-corrected chi connectivity index (χ0v) is 23.4. The Bertz CT molecular complexity index is 958. The quantitative estimate of drug-likeness (QED) is 0.172. The number of rotatable bonds is 15. The van der Waals surface area contributed by atoms with Crippen LogP contribution in [-0.2, 0) is 22.4 Å². The maximum atomic E-state index is 13.1. The Hall–Kier alpha value is -2.30. The Morgan fingerprint density at radius 1 is 0.639 bits per heavy atom. The van der Waals surface area contributed by atoms with Crippen LogP contribution in [0.4, 0.5) is 0 Å². The Morgan fingerprint density at radius 3 is 1.28 bits per heavy atom. The molecule has 0 N–H and O–H groups in total. The summed E-state index contributed by atoms with van der Waals surface area (Å²) in [6.45, 7) is 7.54. The molecule has 0 aromatic heterocycles. The summed E-state index contributed by atoms with van der Waals surface area (Å²) >= 11 is 12.0. The van der Waals surface area contributed by atoms with Crippen LogP contribution in [0.15, 0.2) is 58.7 Å². The van der Waals surface area contributed by atoms with Gasteiger partial charge in [0.1, 0.15) is 11.4 Å². The van der Waals surface area contributed by atoms with Gasteiger partial charge >= 0.3 is 0 Å². The number of aryl methyl sites for hydroxylation is 2. The van der Waals surface area contributed by atoms with Crippen LogP contribution in [-0.4, -0.2) is 23.0 Å². The highest BCUT2D eigenvalue weighted by molar-refractivity contribution is 6.41. The lowest BCUT2D eigenvalue weighted by Crippen LogP contribution is -2.24. The van der Waals surface area contributed by atoms with Crippen molar-refractivity contribution < 1.29 is 9.59 Å². The first kappa shape index (κ1) is 29.9. The number of carbonyl (C=O) groups excluding carboxylic acids is 2.